The van der Waals surface area contributed by atoms with Crippen molar-refractivity contribution in [2.45, 2.75) is 20.0 Å². The summed E-state index contributed by atoms with van der Waals surface area (Å²) in [6.45, 7) is 9.41. The lowest BCUT2D eigenvalue weighted by molar-refractivity contribution is 0.173. The van der Waals surface area contributed by atoms with Crippen molar-refractivity contribution in [3.63, 3.8) is 0 Å². The molecule has 1 aromatic rings. The molecule has 0 saturated carbocycles. The number of anilines is 2. The maximum atomic E-state index is 6.03. The maximum absolute atomic E-state index is 6.03. The van der Waals surface area contributed by atoms with Gasteiger partial charge in [-0.25, -0.2) is 0 Å². The zero-order valence-electron chi connectivity index (χ0n) is 11.1. The van der Waals surface area contributed by atoms with E-state index in [1.54, 1.807) is 6.08 Å². The van der Waals surface area contributed by atoms with E-state index in [0.29, 0.717) is 31.2 Å². The van der Waals surface area contributed by atoms with Gasteiger partial charge in [-0.3, -0.25) is 0 Å². The first-order chi connectivity index (χ1) is 8.65. The van der Waals surface area contributed by atoms with E-state index in [-0.39, 0.29) is 6.10 Å². The van der Waals surface area contributed by atoms with Crippen LogP contribution in [0.1, 0.15) is 13.8 Å². The van der Waals surface area contributed by atoms with Crippen LogP contribution in [0, 0.1) is 0 Å². The van der Waals surface area contributed by atoms with Gasteiger partial charge in [0.15, 0.2) is 0 Å². The molecular weight excluding hydrogens is 228 g/mol. The fourth-order valence-electron chi connectivity index (χ4n) is 1.48. The number of benzene rings is 1. The Kier molecular flexibility index (Phi) is 6.08. The molecule has 0 atom stereocenters. The molecule has 0 fully saturated rings. The zero-order chi connectivity index (χ0) is 13.4. The van der Waals surface area contributed by atoms with Gasteiger partial charge >= 0.3 is 0 Å². The number of nitrogens with one attached hydrogen (secondary N) is 1. The summed E-state index contributed by atoms with van der Waals surface area (Å²) in [5.41, 5.74) is 7.53. The Balaban J connectivity index is 2.52. The molecule has 0 saturated heterocycles. The van der Waals surface area contributed by atoms with Gasteiger partial charge < -0.3 is 20.5 Å². The highest BCUT2D eigenvalue weighted by molar-refractivity contribution is 5.72. The normalized spacial score (nSPS) is 10.4. The number of hydrogen-bond donors (Lipinski definition) is 2. The first kappa shape index (κ1) is 14.4. The van der Waals surface area contributed by atoms with Crippen molar-refractivity contribution < 1.29 is 9.47 Å². The molecule has 0 aromatic heterocycles. The Morgan fingerprint density at radius 3 is 2.89 bits per heavy atom. The van der Waals surface area contributed by atoms with Gasteiger partial charge in [0.1, 0.15) is 5.75 Å². The first-order valence-electron chi connectivity index (χ1n) is 6.12. The molecule has 100 valence electrons. The molecule has 0 radical (unpaired) electrons. The predicted octanol–water partition coefficient (Wildman–Crippen LogP) is 2.67. The van der Waals surface area contributed by atoms with Crippen LogP contribution in [0.25, 0.3) is 0 Å². The first-order valence-corrected chi connectivity index (χ1v) is 6.12. The third-order valence-corrected chi connectivity index (χ3v) is 2.23. The van der Waals surface area contributed by atoms with E-state index in [1.165, 1.54) is 0 Å². The number of ether oxygens (including phenoxy) is 2. The standard InChI is InChI=1S/C14H22N2O2/c1-4-9-17-10-8-16-12-6-5-7-13(14(12)15)18-11(2)3/h4-7,11,16H,1,8-10,15H2,2-3H3. The Bertz CT molecular complexity index is 378. The highest BCUT2D eigenvalue weighted by Crippen LogP contribution is 2.29. The van der Waals surface area contributed by atoms with E-state index < -0.39 is 0 Å². The largest absolute Gasteiger partial charge is 0.489 e. The highest BCUT2D eigenvalue weighted by atomic mass is 16.5. The Morgan fingerprint density at radius 2 is 2.22 bits per heavy atom. The fraction of sp³-hybridized carbons (Fsp3) is 0.429. The van der Waals surface area contributed by atoms with Gasteiger partial charge in [-0.1, -0.05) is 12.1 Å². The van der Waals surface area contributed by atoms with Crippen molar-refractivity contribution in [2.75, 3.05) is 30.8 Å². The van der Waals surface area contributed by atoms with Crippen LogP contribution in [-0.2, 0) is 4.74 Å². The van der Waals surface area contributed by atoms with Crippen LogP contribution in [0.4, 0.5) is 11.4 Å². The fourth-order valence-corrected chi connectivity index (χ4v) is 1.48. The van der Waals surface area contributed by atoms with Gasteiger partial charge in [0, 0.05) is 6.54 Å². The van der Waals surface area contributed by atoms with Crippen LogP contribution in [0.5, 0.6) is 5.75 Å². The number of para-hydroxylation sites is 1. The second kappa shape index (κ2) is 7.61. The van der Waals surface area contributed by atoms with Crippen LogP contribution in [-0.4, -0.2) is 25.9 Å². The van der Waals surface area contributed by atoms with Crippen LogP contribution in [0.3, 0.4) is 0 Å². The van der Waals surface area contributed by atoms with E-state index in [2.05, 4.69) is 11.9 Å². The summed E-state index contributed by atoms with van der Waals surface area (Å²) in [5, 5.41) is 3.22. The molecular formula is C14H22N2O2. The number of nitrogen functional groups attached to an aromatic ring is 1. The summed E-state index contributed by atoms with van der Waals surface area (Å²) in [4.78, 5) is 0. The topological polar surface area (TPSA) is 56.5 Å². The van der Waals surface area contributed by atoms with E-state index in [4.69, 9.17) is 15.2 Å². The van der Waals surface area contributed by atoms with E-state index >= 15 is 0 Å². The number of nitrogens with two attached hydrogens (primary N) is 1. The molecule has 0 unspecified atom stereocenters. The molecule has 0 spiro atoms. The van der Waals surface area contributed by atoms with E-state index in [0.717, 1.165) is 5.69 Å². The summed E-state index contributed by atoms with van der Waals surface area (Å²) < 4.78 is 10.9. The molecule has 18 heavy (non-hydrogen) atoms. The quantitative estimate of drug-likeness (QED) is 0.423. The Labute approximate surface area is 109 Å². The zero-order valence-corrected chi connectivity index (χ0v) is 11.1. The molecule has 0 aliphatic carbocycles. The average Bonchev–Trinajstić information content (AvgIpc) is 2.33. The van der Waals surface area contributed by atoms with Gasteiger partial charge in [0.25, 0.3) is 0 Å². The van der Waals surface area contributed by atoms with Gasteiger partial charge in [0.05, 0.1) is 30.7 Å². The molecule has 4 heteroatoms. The minimum absolute atomic E-state index is 0.110. The molecule has 1 aromatic carbocycles. The highest BCUT2D eigenvalue weighted by Gasteiger charge is 2.06. The lowest BCUT2D eigenvalue weighted by atomic mass is 10.2. The molecule has 0 aliphatic heterocycles. The molecule has 0 amide bonds. The summed E-state index contributed by atoms with van der Waals surface area (Å²) in [6, 6.07) is 5.71. The van der Waals surface area contributed by atoms with Crippen molar-refractivity contribution in [3.05, 3.63) is 30.9 Å². The smallest absolute Gasteiger partial charge is 0.144 e. The Hall–Kier alpha value is -1.68. The van der Waals surface area contributed by atoms with Crippen LogP contribution in [0.2, 0.25) is 0 Å². The second-order valence-corrected chi connectivity index (χ2v) is 4.17. The minimum Gasteiger partial charge on any atom is -0.489 e. The molecule has 0 heterocycles. The van der Waals surface area contributed by atoms with Crippen molar-refractivity contribution >= 4 is 11.4 Å². The molecule has 0 aliphatic rings. The average molecular weight is 250 g/mol. The predicted molar refractivity (Wildman–Crippen MR) is 76.1 cm³/mol. The summed E-state index contributed by atoms with van der Waals surface area (Å²) in [7, 11) is 0. The monoisotopic (exact) mass is 250 g/mol. The Morgan fingerprint density at radius 1 is 1.44 bits per heavy atom. The van der Waals surface area contributed by atoms with Crippen molar-refractivity contribution in [3.8, 4) is 5.75 Å². The summed E-state index contributed by atoms with van der Waals surface area (Å²) in [5.74, 6) is 0.710. The summed E-state index contributed by atoms with van der Waals surface area (Å²) >= 11 is 0. The summed E-state index contributed by atoms with van der Waals surface area (Å²) in [6.07, 6.45) is 1.84. The third kappa shape index (κ3) is 4.67. The van der Waals surface area contributed by atoms with Crippen LogP contribution in [0.15, 0.2) is 30.9 Å². The molecule has 1 rings (SSSR count). The molecule has 3 N–H and O–H groups in total. The minimum atomic E-state index is 0.110. The van der Waals surface area contributed by atoms with E-state index in [1.807, 2.05) is 32.0 Å². The van der Waals surface area contributed by atoms with Crippen molar-refractivity contribution in [2.24, 2.45) is 0 Å². The number of hydrogen-bond acceptors (Lipinski definition) is 4. The van der Waals surface area contributed by atoms with Gasteiger partial charge in [-0.15, -0.1) is 6.58 Å². The maximum Gasteiger partial charge on any atom is 0.144 e. The lowest BCUT2D eigenvalue weighted by Gasteiger charge is -2.15. The van der Waals surface area contributed by atoms with Gasteiger partial charge in [-0.2, -0.15) is 0 Å². The van der Waals surface area contributed by atoms with Gasteiger partial charge in [-0.05, 0) is 26.0 Å². The molecule has 0 bridgehead atoms. The lowest BCUT2D eigenvalue weighted by Crippen LogP contribution is -2.12. The van der Waals surface area contributed by atoms with Crippen LogP contribution < -0.4 is 15.8 Å². The number of rotatable bonds is 8. The second-order valence-electron chi connectivity index (χ2n) is 4.17. The van der Waals surface area contributed by atoms with Crippen molar-refractivity contribution in [1.29, 1.82) is 0 Å². The van der Waals surface area contributed by atoms with E-state index in [9.17, 15) is 0 Å². The molecule has 4 nitrogen and oxygen atoms in total. The SMILES string of the molecule is C=CCOCCNc1cccc(OC(C)C)c1N. The van der Waals surface area contributed by atoms with Crippen LogP contribution >= 0.6 is 0 Å². The third-order valence-electron chi connectivity index (χ3n) is 2.23. The van der Waals surface area contributed by atoms with Gasteiger partial charge in [0.2, 0.25) is 0 Å². The van der Waals surface area contributed by atoms with Crippen molar-refractivity contribution in [1.82, 2.24) is 0 Å².